The van der Waals surface area contributed by atoms with Gasteiger partial charge in [-0.1, -0.05) is 431 Å². The smallest absolute Gasteiger partial charge is 0.220 e. The molecule has 4 nitrogen and oxygen atoms in total. The molecule has 0 aliphatic carbocycles. The highest BCUT2D eigenvalue weighted by molar-refractivity contribution is 5.76. The minimum Gasteiger partial charge on any atom is -0.394 e. The molecule has 0 aliphatic heterocycles. The van der Waals surface area contributed by atoms with Crippen LogP contribution in [-0.4, -0.2) is 34.9 Å². The van der Waals surface area contributed by atoms with Crippen molar-refractivity contribution in [2.75, 3.05) is 6.61 Å². The summed E-state index contributed by atoms with van der Waals surface area (Å²) in [4.78, 5) is 12.6. The lowest BCUT2D eigenvalue weighted by molar-refractivity contribution is -0.123. The molecule has 0 bridgehead atoms. The van der Waals surface area contributed by atoms with Crippen molar-refractivity contribution in [2.24, 2.45) is 0 Å². The van der Waals surface area contributed by atoms with Gasteiger partial charge in [0.2, 0.25) is 5.91 Å². The summed E-state index contributed by atoms with van der Waals surface area (Å²) in [5, 5.41) is 23.3. The predicted molar refractivity (Wildman–Crippen MR) is 355 cm³/mol. The predicted octanol–water partition coefficient (Wildman–Crippen LogP) is 25.6. The topological polar surface area (TPSA) is 69.6 Å². The molecule has 2 atom stereocenters. The van der Waals surface area contributed by atoms with Crippen molar-refractivity contribution in [2.45, 2.75) is 456 Å². The zero-order valence-electron chi connectivity index (χ0n) is 54.7. The van der Waals surface area contributed by atoms with E-state index >= 15 is 0 Å². The van der Waals surface area contributed by atoms with Gasteiger partial charge in [0.1, 0.15) is 0 Å². The number of carbonyl (C=O) groups is 1. The van der Waals surface area contributed by atoms with Crippen LogP contribution in [0.15, 0.2) is 12.2 Å². The highest BCUT2D eigenvalue weighted by Crippen LogP contribution is 2.20. The van der Waals surface area contributed by atoms with Crippen molar-refractivity contribution in [3.8, 4) is 0 Å². The number of allylic oxidation sites excluding steroid dienone is 1. The van der Waals surface area contributed by atoms with Gasteiger partial charge in [0.25, 0.3) is 0 Å². The van der Waals surface area contributed by atoms with Crippen molar-refractivity contribution >= 4 is 5.91 Å². The lowest BCUT2D eigenvalue weighted by atomic mass is 10.0. The third-order valence-electron chi connectivity index (χ3n) is 18.0. The first-order valence-electron chi connectivity index (χ1n) is 37.4. The number of aliphatic hydroxyl groups excluding tert-OH is 2. The van der Waals surface area contributed by atoms with Crippen molar-refractivity contribution in [3.05, 3.63) is 12.2 Å². The first-order chi connectivity index (χ1) is 39.2. The van der Waals surface area contributed by atoms with Gasteiger partial charge in [0, 0.05) is 6.42 Å². The Morgan fingerprint density at radius 2 is 0.468 bits per heavy atom. The fraction of sp³-hybridized carbons (Fsp3) is 0.960. The van der Waals surface area contributed by atoms with Crippen LogP contribution in [0.25, 0.3) is 0 Å². The van der Waals surface area contributed by atoms with E-state index in [1.54, 1.807) is 6.08 Å². The maximum Gasteiger partial charge on any atom is 0.220 e. The second-order valence-electron chi connectivity index (χ2n) is 26.1. The molecule has 0 aromatic heterocycles. The summed E-state index contributed by atoms with van der Waals surface area (Å²) in [6.45, 7) is 4.37. The second kappa shape index (κ2) is 71.4. The van der Waals surface area contributed by atoms with Crippen molar-refractivity contribution in [1.29, 1.82) is 0 Å². The average molecular weight is 1110 g/mol. The van der Waals surface area contributed by atoms with Crippen LogP contribution in [-0.2, 0) is 4.79 Å². The maximum absolute atomic E-state index is 12.6. The van der Waals surface area contributed by atoms with Crippen LogP contribution < -0.4 is 5.32 Å². The molecule has 0 saturated heterocycles. The molecule has 0 aromatic carbocycles. The third kappa shape index (κ3) is 67.8. The number of hydrogen-bond donors (Lipinski definition) is 3. The Kier molecular flexibility index (Phi) is 70.6. The van der Waals surface area contributed by atoms with Crippen LogP contribution in [0.4, 0.5) is 0 Å². The monoisotopic (exact) mass is 1110 g/mol. The summed E-state index contributed by atoms with van der Waals surface area (Å²) in [5.41, 5.74) is 0. The van der Waals surface area contributed by atoms with Crippen molar-refractivity contribution in [1.82, 2.24) is 5.32 Å². The highest BCUT2D eigenvalue weighted by Gasteiger charge is 2.18. The quantitative estimate of drug-likeness (QED) is 0.0420. The normalized spacial score (nSPS) is 12.6. The molecule has 0 radical (unpaired) electrons. The number of carbonyl (C=O) groups excluding carboxylic acids is 1. The van der Waals surface area contributed by atoms with Crippen LogP contribution in [0, 0.1) is 0 Å². The fourth-order valence-electron chi connectivity index (χ4n) is 12.4. The lowest BCUT2D eigenvalue weighted by Gasteiger charge is -2.20. The molecule has 79 heavy (non-hydrogen) atoms. The maximum atomic E-state index is 12.6. The molecule has 0 aromatic rings. The Balaban J connectivity index is 3.36. The zero-order chi connectivity index (χ0) is 56.9. The summed E-state index contributed by atoms with van der Waals surface area (Å²) < 4.78 is 0. The van der Waals surface area contributed by atoms with E-state index in [2.05, 4.69) is 19.2 Å². The molecule has 0 rings (SSSR count). The Bertz CT molecular complexity index is 1120. The number of amides is 1. The molecule has 0 spiro atoms. The summed E-state index contributed by atoms with van der Waals surface area (Å²) in [6, 6.07) is -0.620. The molecule has 0 heterocycles. The van der Waals surface area contributed by atoms with Crippen LogP contribution in [0.2, 0.25) is 0 Å². The Morgan fingerprint density at radius 1 is 0.291 bits per heavy atom. The summed E-state index contributed by atoms with van der Waals surface area (Å²) >= 11 is 0. The van der Waals surface area contributed by atoms with Gasteiger partial charge in [0.15, 0.2) is 0 Å². The highest BCUT2D eigenvalue weighted by atomic mass is 16.3. The van der Waals surface area contributed by atoms with Gasteiger partial charge in [0.05, 0.1) is 18.8 Å². The number of hydrogen-bond acceptors (Lipinski definition) is 3. The summed E-state index contributed by atoms with van der Waals surface area (Å²) in [6.07, 6.45) is 96.3. The van der Waals surface area contributed by atoms with Gasteiger partial charge < -0.3 is 15.5 Å². The van der Waals surface area contributed by atoms with Gasteiger partial charge in [-0.15, -0.1) is 0 Å². The summed E-state index contributed by atoms with van der Waals surface area (Å²) in [5.74, 6) is -0.0524. The number of unbranched alkanes of at least 4 members (excludes halogenated alkanes) is 64. The van der Waals surface area contributed by atoms with Gasteiger partial charge in [-0.3, -0.25) is 4.79 Å². The molecule has 0 saturated carbocycles. The zero-order valence-corrected chi connectivity index (χ0v) is 54.7. The van der Waals surface area contributed by atoms with E-state index in [-0.39, 0.29) is 12.5 Å². The van der Waals surface area contributed by atoms with E-state index in [9.17, 15) is 15.0 Å². The largest absolute Gasteiger partial charge is 0.394 e. The second-order valence-corrected chi connectivity index (χ2v) is 26.1. The molecule has 3 N–H and O–H groups in total. The minimum atomic E-state index is -0.837. The van der Waals surface area contributed by atoms with E-state index < -0.39 is 12.1 Å². The van der Waals surface area contributed by atoms with Gasteiger partial charge >= 0.3 is 0 Å². The average Bonchev–Trinajstić information content (AvgIpc) is 3.45. The molecule has 472 valence electrons. The van der Waals surface area contributed by atoms with E-state index in [0.29, 0.717) is 6.42 Å². The molecule has 1 amide bonds. The number of nitrogens with one attached hydrogen (secondary N) is 1. The Morgan fingerprint density at radius 3 is 0.658 bits per heavy atom. The van der Waals surface area contributed by atoms with Crippen LogP contribution in [0.3, 0.4) is 0 Å². The van der Waals surface area contributed by atoms with E-state index in [0.717, 1.165) is 25.7 Å². The van der Waals surface area contributed by atoms with Crippen LogP contribution in [0.1, 0.15) is 444 Å². The first kappa shape index (κ1) is 78.1. The van der Waals surface area contributed by atoms with Crippen molar-refractivity contribution in [3.63, 3.8) is 0 Å². The molecule has 4 heteroatoms. The first-order valence-corrected chi connectivity index (χ1v) is 37.4. The van der Waals surface area contributed by atoms with Gasteiger partial charge in [-0.2, -0.15) is 0 Å². The molecule has 2 unspecified atom stereocenters. The van der Waals surface area contributed by atoms with Crippen LogP contribution >= 0.6 is 0 Å². The van der Waals surface area contributed by atoms with E-state index in [1.807, 2.05) is 6.08 Å². The van der Waals surface area contributed by atoms with Crippen molar-refractivity contribution < 1.29 is 15.0 Å². The standard InChI is InChI=1S/C75H149NO3/c1-3-5-7-9-11-13-15-17-19-21-23-25-27-29-31-33-34-35-36-37-38-39-40-41-42-43-45-47-49-51-53-55-57-59-61-63-65-67-69-71-75(79)76-73(72-77)74(78)70-68-66-64-62-60-58-56-54-52-50-48-46-44-32-30-28-26-24-22-20-18-16-14-12-10-8-6-4-2/h68,70,73-74,77-78H,3-67,69,71-72H2,1-2H3,(H,76,79)/b70-68+. The molecular weight excluding hydrogens is 963 g/mol. The Hall–Kier alpha value is -0.870. The minimum absolute atomic E-state index is 0.0524. The van der Waals surface area contributed by atoms with Gasteiger partial charge in [-0.25, -0.2) is 0 Å². The number of aliphatic hydroxyl groups is 2. The number of rotatable bonds is 71. The SMILES string of the molecule is CCCCCCCCCCCCCCCCCCCCCCCCCCCC/C=C/C(O)C(CO)NC(=O)CCCCCCCCCCCCCCCCCCCCCCCCCCCCCCCCCCCCCCCCC. The summed E-state index contributed by atoms with van der Waals surface area (Å²) in [7, 11) is 0. The van der Waals surface area contributed by atoms with Crippen LogP contribution in [0.5, 0.6) is 0 Å². The van der Waals surface area contributed by atoms with E-state index in [4.69, 9.17) is 0 Å². The molecular formula is C75H149NO3. The lowest BCUT2D eigenvalue weighted by Crippen LogP contribution is -2.45. The molecule has 0 fully saturated rings. The fourth-order valence-corrected chi connectivity index (χ4v) is 12.4. The van der Waals surface area contributed by atoms with Gasteiger partial charge in [-0.05, 0) is 19.3 Å². The van der Waals surface area contributed by atoms with E-state index in [1.165, 1.54) is 398 Å². The third-order valence-corrected chi connectivity index (χ3v) is 18.0. The molecule has 0 aliphatic rings. The Labute approximate surface area is 498 Å².